The van der Waals surface area contributed by atoms with E-state index in [1.165, 1.54) is 6.92 Å². The molecule has 0 spiro atoms. The van der Waals surface area contributed by atoms with E-state index in [4.69, 9.17) is 9.47 Å². The Bertz CT molecular complexity index is 630. The molecular formula is C18H18O3. The zero-order valence-corrected chi connectivity index (χ0v) is 12.2. The van der Waals surface area contributed by atoms with Crippen molar-refractivity contribution in [3.05, 3.63) is 65.9 Å². The zero-order valence-electron chi connectivity index (χ0n) is 12.2. The molecule has 0 aliphatic rings. The first kappa shape index (κ1) is 14.9. The SMILES string of the molecule is CCOc1ccccc1OC(=Cc1ccccc1)C(C)=O. The van der Waals surface area contributed by atoms with E-state index in [9.17, 15) is 4.79 Å². The van der Waals surface area contributed by atoms with Gasteiger partial charge in [-0.25, -0.2) is 0 Å². The molecule has 2 aromatic rings. The lowest BCUT2D eigenvalue weighted by Gasteiger charge is -2.12. The Hall–Kier alpha value is -2.55. The lowest BCUT2D eigenvalue weighted by molar-refractivity contribution is -0.115. The Labute approximate surface area is 124 Å². The van der Waals surface area contributed by atoms with E-state index in [1.807, 2.05) is 55.5 Å². The maximum atomic E-state index is 11.8. The standard InChI is InChI=1S/C18H18O3/c1-3-20-16-11-7-8-12-17(16)21-18(14(2)19)13-15-9-5-4-6-10-15/h4-13H,3H2,1-2H3. The third-order valence-corrected chi connectivity index (χ3v) is 2.81. The van der Waals surface area contributed by atoms with E-state index in [0.717, 1.165) is 5.56 Å². The van der Waals surface area contributed by atoms with Crippen LogP contribution in [0.2, 0.25) is 0 Å². The van der Waals surface area contributed by atoms with Crippen LogP contribution in [0.4, 0.5) is 0 Å². The molecule has 0 atom stereocenters. The van der Waals surface area contributed by atoms with Crippen molar-refractivity contribution in [3.8, 4) is 11.5 Å². The molecule has 108 valence electrons. The highest BCUT2D eigenvalue weighted by Gasteiger charge is 2.11. The molecule has 0 saturated carbocycles. The van der Waals surface area contributed by atoms with Crippen molar-refractivity contribution in [2.75, 3.05) is 6.61 Å². The van der Waals surface area contributed by atoms with Crippen molar-refractivity contribution >= 4 is 11.9 Å². The maximum Gasteiger partial charge on any atom is 0.194 e. The molecule has 0 bridgehead atoms. The minimum Gasteiger partial charge on any atom is -0.490 e. The summed E-state index contributed by atoms with van der Waals surface area (Å²) >= 11 is 0. The van der Waals surface area contributed by atoms with E-state index < -0.39 is 0 Å². The Morgan fingerprint density at radius 3 is 2.24 bits per heavy atom. The summed E-state index contributed by atoms with van der Waals surface area (Å²) in [5.41, 5.74) is 0.914. The predicted octanol–water partition coefficient (Wildman–Crippen LogP) is 4.09. The van der Waals surface area contributed by atoms with Crippen LogP contribution in [-0.4, -0.2) is 12.4 Å². The fourth-order valence-electron chi connectivity index (χ4n) is 1.83. The van der Waals surface area contributed by atoms with Crippen LogP contribution in [0.5, 0.6) is 11.5 Å². The molecule has 21 heavy (non-hydrogen) atoms. The van der Waals surface area contributed by atoms with Gasteiger partial charge in [-0.3, -0.25) is 4.79 Å². The molecule has 0 aliphatic carbocycles. The number of carbonyl (C=O) groups is 1. The van der Waals surface area contributed by atoms with Crippen LogP contribution < -0.4 is 9.47 Å². The zero-order chi connectivity index (χ0) is 15.1. The molecular weight excluding hydrogens is 264 g/mol. The van der Waals surface area contributed by atoms with E-state index in [0.29, 0.717) is 18.1 Å². The summed E-state index contributed by atoms with van der Waals surface area (Å²) in [5.74, 6) is 1.32. The minimum atomic E-state index is -0.134. The monoisotopic (exact) mass is 282 g/mol. The average Bonchev–Trinajstić information content (AvgIpc) is 2.49. The van der Waals surface area contributed by atoms with Crippen molar-refractivity contribution in [2.45, 2.75) is 13.8 Å². The van der Waals surface area contributed by atoms with E-state index >= 15 is 0 Å². The highest BCUT2D eigenvalue weighted by atomic mass is 16.5. The molecule has 0 aliphatic heterocycles. The molecule has 0 saturated heterocycles. The van der Waals surface area contributed by atoms with E-state index in [-0.39, 0.29) is 11.5 Å². The van der Waals surface area contributed by atoms with Gasteiger partial charge >= 0.3 is 0 Å². The first-order valence-corrected chi connectivity index (χ1v) is 6.88. The predicted molar refractivity (Wildman–Crippen MR) is 83.3 cm³/mol. The third-order valence-electron chi connectivity index (χ3n) is 2.81. The smallest absolute Gasteiger partial charge is 0.194 e. The highest BCUT2D eigenvalue weighted by Crippen LogP contribution is 2.28. The summed E-state index contributed by atoms with van der Waals surface area (Å²) in [6.45, 7) is 3.93. The van der Waals surface area contributed by atoms with Gasteiger partial charge in [0.25, 0.3) is 0 Å². The Morgan fingerprint density at radius 2 is 1.62 bits per heavy atom. The van der Waals surface area contributed by atoms with E-state index in [2.05, 4.69) is 0 Å². The largest absolute Gasteiger partial charge is 0.490 e. The third kappa shape index (κ3) is 4.21. The maximum absolute atomic E-state index is 11.8. The summed E-state index contributed by atoms with van der Waals surface area (Å²) in [4.78, 5) is 11.8. The quantitative estimate of drug-likeness (QED) is 0.591. The molecule has 3 nitrogen and oxygen atoms in total. The van der Waals surface area contributed by atoms with Crippen LogP contribution in [0.15, 0.2) is 60.4 Å². The summed E-state index contributed by atoms with van der Waals surface area (Å²) in [6.07, 6.45) is 1.73. The van der Waals surface area contributed by atoms with Crippen LogP contribution in [0.3, 0.4) is 0 Å². The van der Waals surface area contributed by atoms with Crippen LogP contribution in [0.1, 0.15) is 19.4 Å². The van der Waals surface area contributed by atoms with Crippen LogP contribution in [-0.2, 0) is 4.79 Å². The normalized spacial score (nSPS) is 11.0. The number of hydrogen-bond donors (Lipinski definition) is 0. The molecule has 0 radical (unpaired) electrons. The van der Waals surface area contributed by atoms with Crippen LogP contribution in [0, 0.1) is 0 Å². The number of ether oxygens (including phenoxy) is 2. The van der Waals surface area contributed by atoms with Gasteiger partial charge in [-0.1, -0.05) is 42.5 Å². The number of benzene rings is 2. The van der Waals surface area contributed by atoms with Gasteiger partial charge in [0, 0.05) is 6.92 Å². The second-order valence-corrected chi connectivity index (χ2v) is 4.46. The molecule has 0 aromatic heterocycles. The lowest BCUT2D eigenvalue weighted by atomic mass is 10.2. The lowest BCUT2D eigenvalue weighted by Crippen LogP contribution is -2.06. The number of rotatable bonds is 6. The second kappa shape index (κ2) is 7.29. The second-order valence-electron chi connectivity index (χ2n) is 4.46. The average molecular weight is 282 g/mol. The van der Waals surface area contributed by atoms with Crippen molar-refractivity contribution in [2.24, 2.45) is 0 Å². The fraction of sp³-hybridized carbons (Fsp3) is 0.167. The summed E-state index contributed by atoms with van der Waals surface area (Å²) < 4.78 is 11.3. The summed E-state index contributed by atoms with van der Waals surface area (Å²) in [6, 6.07) is 16.9. The van der Waals surface area contributed by atoms with Crippen LogP contribution >= 0.6 is 0 Å². The molecule has 0 N–H and O–H groups in total. The first-order chi connectivity index (χ1) is 10.2. The fourth-order valence-corrected chi connectivity index (χ4v) is 1.83. The number of carbonyl (C=O) groups excluding carboxylic acids is 1. The number of para-hydroxylation sites is 2. The minimum absolute atomic E-state index is 0.134. The molecule has 0 unspecified atom stereocenters. The topological polar surface area (TPSA) is 35.5 Å². The number of allylic oxidation sites excluding steroid dienone is 1. The van der Waals surface area contributed by atoms with Gasteiger partial charge in [0.1, 0.15) is 0 Å². The summed E-state index contributed by atoms with van der Waals surface area (Å²) in [7, 11) is 0. The van der Waals surface area contributed by atoms with Gasteiger partial charge in [0.05, 0.1) is 6.61 Å². The van der Waals surface area contributed by atoms with Gasteiger partial charge < -0.3 is 9.47 Å². The molecule has 2 aromatic carbocycles. The molecule has 0 amide bonds. The van der Waals surface area contributed by atoms with Gasteiger partial charge in [0.15, 0.2) is 23.0 Å². The molecule has 3 heteroatoms. The molecule has 0 fully saturated rings. The molecule has 0 heterocycles. The number of Topliss-reactive ketones (excluding diaryl/α,β-unsaturated/α-hetero) is 1. The number of hydrogen-bond acceptors (Lipinski definition) is 3. The Kier molecular flexibility index (Phi) is 5.16. The van der Waals surface area contributed by atoms with Crippen molar-refractivity contribution in [1.29, 1.82) is 0 Å². The van der Waals surface area contributed by atoms with Gasteiger partial charge in [0.2, 0.25) is 0 Å². The van der Waals surface area contributed by atoms with Gasteiger partial charge in [-0.2, -0.15) is 0 Å². The van der Waals surface area contributed by atoms with E-state index in [1.54, 1.807) is 12.1 Å². The highest BCUT2D eigenvalue weighted by molar-refractivity contribution is 5.96. The Morgan fingerprint density at radius 1 is 1.00 bits per heavy atom. The van der Waals surface area contributed by atoms with Crippen molar-refractivity contribution < 1.29 is 14.3 Å². The van der Waals surface area contributed by atoms with Gasteiger partial charge in [-0.15, -0.1) is 0 Å². The van der Waals surface area contributed by atoms with Crippen LogP contribution in [0.25, 0.3) is 6.08 Å². The first-order valence-electron chi connectivity index (χ1n) is 6.88. The van der Waals surface area contributed by atoms with Gasteiger partial charge in [-0.05, 0) is 30.7 Å². The Balaban J connectivity index is 2.29. The van der Waals surface area contributed by atoms with Crippen molar-refractivity contribution in [3.63, 3.8) is 0 Å². The number of ketones is 1. The summed E-state index contributed by atoms with van der Waals surface area (Å²) in [5, 5.41) is 0. The van der Waals surface area contributed by atoms with Crippen molar-refractivity contribution in [1.82, 2.24) is 0 Å². The molecule has 2 rings (SSSR count).